The standard InChI is InChI=1S/C23H19BrFN3O3/c1-30-20-10-7-14(12-21(20)31-2)22-27-19-6-4-3-5-17(19)23(29)28(22)26-13-15-11-16(24)8-9-18(15)25/h3-12,26H,13H2,1-2H3. The molecule has 0 fully saturated rings. The van der Waals surface area contributed by atoms with E-state index in [2.05, 4.69) is 21.4 Å². The van der Waals surface area contributed by atoms with Crippen LogP contribution in [0.1, 0.15) is 5.56 Å². The minimum Gasteiger partial charge on any atom is -0.493 e. The Morgan fingerprint density at radius 1 is 1.03 bits per heavy atom. The van der Waals surface area contributed by atoms with E-state index in [1.54, 1.807) is 55.6 Å². The van der Waals surface area contributed by atoms with E-state index in [9.17, 15) is 9.18 Å². The van der Waals surface area contributed by atoms with Gasteiger partial charge in [-0.1, -0.05) is 28.1 Å². The molecule has 0 amide bonds. The van der Waals surface area contributed by atoms with Gasteiger partial charge in [0, 0.05) is 15.6 Å². The Hall–Kier alpha value is -3.39. The zero-order valence-corrected chi connectivity index (χ0v) is 18.4. The van der Waals surface area contributed by atoms with Gasteiger partial charge in [0.05, 0.1) is 31.7 Å². The van der Waals surface area contributed by atoms with Gasteiger partial charge >= 0.3 is 0 Å². The van der Waals surface area contributed by atoms with Crippen LogP contribution in [-0.2, 0) is 6.54 Å². The molecule has 6 nitrogen and oxygen atoms in total. The number of benzene rings is 3. The maximum Gasteiger partial charge on any atom is 0.280 e. The third kappa shape index (κ3) is 4.11. The summed E-state index contributed by atoms with van der Waals surface area (Å²) in [4.78, 5) is 18.0. The molecule has 0 aliphatic carbocycles. The third-order valence-corrected chi connectivity index (χ3v) is 5.35. The molecule has 0 atom stereocenters. The highest BCUT2D eigenvalue weighted by Gasteiger charge is 2.15. The van der Waals surface area contributed by atoms with Gasteiger partial charge < -0.3 is 14.9 Å². The van der Waals surface area contributed by atoms with E-state index in [-0.39, 0.29) is 17.9 Å². The normalized spacial score (nSPS) is 10.8. The van der Waals surface area contributed by atoms with E-state index in [0.29, 0.717) is 39.4 Å². The van der Waals surface area contributed by atoms with Crippen molar-refractivity contribution < 1.29 is 13.9 Å². The van der Waals surface area contributed by atoms with Crippen LogP contribution < -0.4 is 20.5 Å². The van der Waals surface area contributed by atoms with E-state index in [1.807, 2.05) is 6.07 Å². The second kappa shape index (κ2) is 8.77. The summed E-state index contributed by atoms with van der Waals surface area (Å²) in [5.41, 5.74) is 4.36. The molecule has 0 unspecified atom stereocenters. The number of aromatic nitrogens is 2. The van der Waals surface area contributed by atoms with Crippen molar-refractivity contribution in [2.45, 2.75) is 6.54 Å². The quantitative estimate of drug-likeness (QED) is 0.429. The van der Waals surface area contributed by atoms with Crippen LogP contribution in [0.4, 0.5) is 4.39 Å². The van der Waals surface area contributed by atoms with E-state index in [1.165, 1.54) is 17.9 Å². The Labute approximate surface area is 186 Å². The predicted octanol–water partition coefficient (Wildman–Crippen LogP) is 4.73. The van der Waals surface area contributed by atoms with Crippen molar-refractivity contribution in [3.63, 3.8) is 0 Å². The molecule has 1 heterocycles. The smallest absolute Gasteiger partial charge is 0.280 e. The summed E-state index contributed by atoms with van der Waals surface area (Å²) in [6.07, 6.45) is 0. The number of ether oxygens (including phenoxy) is 2. The molecular formula is C23H19BrFN3O3. The Morgan fingerprint density at radius 3 is 2.58 bits per heavy atom. The van der Waals surface area contributed by atoms with Crippen LogP contribution in [0.5, 0.6) is 11.5 Å². The van der Waals surface area contributed by atoms with Gasteiger partial charge in [-0.15, -0.1) is 0 Å². The number of methoxy groups -OCH3 is 2. The van der Waals surface area contributed by atoms with Crippen molar-refractivity contribution in [1.82, 2.24) is 9.66 Å². The molecule has 0 saturated carbocycles. The number of nitrogens with one attached hydrogen (secondary N) is 1. The largest absolute Gasteiger partial charge is 0.493 e. The van der Waals surface area contributed by atoms with Crippen LogP contribution in [0.2, 0.25) is 0 Å². The molecule has 8 heteroatoms. The lowest BCUT2D eigenvalue weighted by atomic mass is 10.1. The molecule has 1 aromatic heterocycles. The van der Waals surface area contributed by atoms with Gasteiger partial charge in [-0.25, -0.2) is 14.1 Å². The lowest BCUT2D eigenvalue weighted by Crippen LogP contribution is -2.31. The van der Waals surface area contributed by atoms with Crippen molar-refractivity contribution in [3.8, 4) is 22.9 Å². The first-order chi connectivity index (χ1) is 15.0. The minimum atomic E-state index is -0.370. The fraction of sp³-hybridized carbons (Fsp3) is 0.130. The average Bonchev–Trinajstić information content (AvgIpc) is 2.80. The monoisotopic (exact) mass is 483 g/mol. The van der Waals surface area contributed by atoms with E-state index < -0.39 is 0 Å². The summed E-state index contributed by atoms with van der Waals surface area (Å²) in [6.45, 7) is 0.0888. The summed E-state index contributed by atoms with van der Waals surface area (Å²) in [7, 11) is 3.09. The molecular weight excluding hydrogens is 465 g/mol. The molecule has 31 heavy (non-hydrogen) atoms. The molecule has 0 bridgehead atoms. The van der Waals surface area contributed by atoms with E-state index >= 15 is 0 Å². The van der Waals surface area contributed by atoms with Crippen molar-refractivity contribution in [2.75, 3.05) is 19.6 Å². The van der Waals surface area contributed by atoms with Gasteiger partial charge in [-0.3, -0.25) is 4.79 Å². The highest BCUT2D eigenvalue weighted by Crippen LogP contribution is 2.31. The third-order valence-electron chi connectivity index (χ3n) is 4.85. The van der Waals surface area contributed by atoms with Crippen molar-refractivity contribution in [3.05, 3.63) is 86.9 Å². The SMILES string of the molecule is COc1ccc(-c2nc3ccccc3c(=O)n2NCc2cc(Br)ccc2F)cc1OC. The summed E-state index contributed by atoms with van der Waals surface area (Å²) in [5.74, 6) is 1.07. The lowest BCUT2D eigenvalue weighted by Gasteiger charge is -2.17. The van der Waals surface area contributed by atoms with Gasteiger partial charge in [-0.2, -0.15) is 0 Å². The van der Waals surface area contributed by atoms with Gasteiger partial charge in [-0.05, 0) is 48.5 Å². The molecule has 1 N–H and O–H groups in total. The first-order valence-corrected chi connectivity index (χ1v) is 10.2. The fourth-order valence-corrected chi connectivity index (χ4v) is 3.70. The molecule has 4 aromatic rings. The van der Waals surface area contributed by atoms with Crippen LogP contribution in [0.25, 0.3) is 22.3 Å². The molecule has 0 aliphatic heterocycles. The predicted molar refractivity (Wildman–Crippen MR) is 122 cm³/mol. The lowest BCUT2D eigenvalue weighted by molar-refractivity contribution is 0.355. The molecule has 3 aromatic carbocycles. The number of hydrogen-bond acceptors (Lipinski definition) is 5. The van der Waals surface area contributed by atoms with Gasteiger partial charge in [0.2, 0.25) is 0 Å². The van der Waals surface area contributed by atoms with Crippen LogP contribution in [0.3, 0.4) is 0 Å². The molecule has 0 aliphatic rings. The zero-order chi connectivity index (χ0) is 22.0. The Bertz CT molecular complexity index is 1320. The van der Waals surface area contributed by atoms with Gasteiger partial charge in [0.15, 0.2) is 17.3 Å². The summed E-state index contributed by atoms with van der Waals surface area (Å²) >= 11 is 3.35. The van der Waals surface area contributed by atoms with Crippen LogP contribution >= 0.6 is 15.9 Å². The fourth-order valence-electron chi connectivity index (χ4n) is 3.29. The Kier molecular flexibility index (Phi) is 5.90. The number of para-hydroxylation sites is 1. The second-order valence-electron chi connectivity index (χ2n) is 6.73. The van der Waals surface area contributed by atoms with Crippen LogP contribution in [-0.4, -0.2) is 23.9 Å². The summed E-state index contributed by atoms with van der Waals surface area (Å²) in [6, 6.07) is 17.0. The number of rotatable bonds is 6. The van der Waals surface area contributed by atoms with Crippen LogP contribution in [0, 0.1) is 5.82 Å². The molecule has 0 saturated heterocycles. The topological polar surface area (TPSA) is 65.4 Å². The molecule has 0 radical (unpaired) electrons. The van der Waals surface area contributed by atoms with Gasteiger partial charge in [0.1, 0.15) is 5.82 Å². The zero-order valence-electron chi connectivity index (χ0n) is 16.9. The highest BCUT2D eigenvalue weighted by atomic mass is 79.9. The number of halogens is 2. The maximum atomic E-state index is 14.2. The van der Waals surface area contributed by atoms with Gasteiger partial charge in [0.25, 0.3) is 5.56 Å². The molecule has 4 rings (SSSR count). The number of nitrogens with zero attached hydrogens (tertiary/aromatic N) is 2. The maximum absolute atomic E-state index is 14.2. The first-order valence-electron chi connectivity index (χ1n) is 9.44. The number of fused-ring (bicyclic) bond motifs is 1. The molecule has 158 valence electrons. The minimum absolute atomic E-state index is 0.0888. The Morgan fingerprint density at radius 2 is 1.81 bits per heavy atom. The summed E-state index contributed by atoms with van der Waals surface area (Å²) < 4.78 is 27.0. The summed E-state index contributed by atoms with van der Waals surface area (Å²) in [5, 5.41) is 0.453. The van der Waals surface area contributed by atoms with Crippen molar-refractivity contribution in [1.29, 1.82) is 0 Å². The first kappa shape index (κ1) is 20.9. The van der Waals surface area contributed by atoms with E-state index in [0.717, 1.165) is 4.47 Å². The highest BCUT2D eigenvalue weighted by molar-refractivity contribution is 9.10. The van der Waals surface area contributed by atoms with Crippen molar-refractivity contribution >= 4 is 26.8 Å². The van der Waals surface area contributed by atoms with Crippen molar-refractivity contribution in [2.24, 2.45) is 0 Å². The second-order valence-corrected chi connectivity index (χ2v) is 7.65. The Balaban J connectivity index is 1.86. The van der Waals surface area contributed by atoms with Crippen LogP contribution in [0.15, 0.2) is 69.9 Å². The number of hydrogen-bond donors (Lipinski definition) is 1. The molecule has 0 spiro atoms. The average molecular weight is 484 g/mol. The van der Waals surface area contributed by atoms with E-state index in [4.69, 9.17) is 14.5 Å².